The number of Topliss-reactive ketones (excluding diaryl/α,β-unsaturated/α-hetero) is 2. The molecule has 0 spiro atoms. The monoisotopic (exact) mass is 212 g/mol. The number of benzene rings is 2. The van der Waals surface area contributed by atoms with Gasteiger partial charge in [-0.3, -0.25) is 9.59 Å². The molecule has 0 heterocycles. The molecule has 0 saturated heterocycles. The highest BCUT2D eigenvalue weighted by atomic mass is 18.1. The zero-order valence-electron chi connectivity index (χ0n) is 8.59. The van der Waals surface area contributed by atoms with Gasteiger partial charge in [-0.15, -0.1) is 0 Å². The van der Waals surface area contributed by atoms with Crippen molar-refractivity contribution in [3.05, 3.63) is 71.8 Å². The number of carbonyl (C=O) groups excluding carboxylic acids is 2. The Kier molecular flexibility index (Phi) is 2.92. The Labute approximate surface area is 93.5 Å². The van der Waals surface area contributed by atoms with Gasteiger partial charge in [0.25, 0.3) is 0 Å². The predicted molar refractivity (Wildman–Crippen MR) is 61.5 cm³/mol. The third kappa shape index (κ3) is 2.06. The van der Waals surface area contributed by atoms with Crippen LogP contribution in [0.15, 0.2) is 60.7 Å². The average molecular weight is 212 g/mol. The summed E-state index contributed by atoms with van der Waals surface area (Å²) >= 11 is 0. The van der Waals surface area contributed by atoms with E-state index in [1.54, 1.807) is 48.5 Å². The van der Waals surface area contributed by atoms with Crippen molar-refractivity contribution in [2.24, 2.45) is 0 Å². The van der Waals surface area contributed by atoms with Crippen LogP contribution >= 0.6 is 0 Å². The number of carbonyl (C=O) groups is 2. The summed E-state index contributed by atoms with van der Waals surface area (Å²) in [6.07, 6.45) is 0. The lowest BCUT2D eigenvalue weighted by molar-refractivity contribution is 0.0817. The topological polar surface area (TPSA) is 34.1 Å². The van der Waals surface area contributed by atoms with Gasteiger partial charge in [-0.25, -0.2) is 0 Å². The maximum absolute atomic E-state index is 11.8. The molecule has 2 rings (SSSR count). The fourth-order valence-corrected chi connectivity index (χ4v) is 1.44. The van der Waals surface area contributed by atoms with E-state index in [1.807, 2.05) is 12.1 Å². The number of rotatable bonds is 3. The van der Waals surface area contributed by atoms with Crippen LogP contribution < -0.4 is 0 Å². The number of hydrogen-bond acceptors (Lipinski definition) is 2. The lowest BCUT2D eigenvalue weighted by atomic mass is 10.0. The Balaban J connectivity index is 2.28. The molecule has 0 fully saturated rings. The molecule has 0 aliphatic carbocycles. The van der Waals surface area contributed by atoms with Gasteiger partial charge in [-0.05, 0) is 0 Å². The molecule has 0 atom stereocenters. The van der Waals surface area contributed by atoms with Gasteiger partial charge in [0.15, 0.2) is 0 Å². The fourth-order valence-electron chi connectivity index (χ4n) is 1.44. The number of hydrogen-bond donors (Lipinski definition) is 0. The van der Waals surface area contributed by atoms with Gasteiger partial charge in [0.2, 0.25) is 11.6 Å². The molecule has 0 radical (unpaired) electrons. The van der Waals surface area contributed by atoms with Crippen LogP contribution in [0.25, 0.3) is 0 Å². The van der Waals surface area contributed by atoms with Crippen molar-refractivity contribution in [2.75, 3.05) is 0 Å². The van der Waals surface area contributed by atoms with E-state index in [-0.39, 0.29) is 0 Å². The molecule has 2 aromatic carbocycles. The first kappa shape index (κ1) is 10.3. The molecular weight excluding hydrogens is 202 g/mol. The molecule has 16 heavy (non-hydrogen) atoms. The quantitative estimate of drug-likeness (QED) is 0.445. The second-order valence-electron chi connectivity index (χ2n) is 3.39. The van der Waals surface area contributed by atoms with E-state index in [9.17, 15) is 9.59 Å². The average Bonchev–Trinajstić information content (AvgIpc) is 2.39. The van der Waals surface area contributed by atoms with Crippen molar-refractivity contribution in [2.45, 2.75) is 0 Å². The minimum absolute atomic E-state index is 0.427. The molecule has 0 amide bonds. The lowest BCUT2D eigenvalue weighted by Crippen LogP contribution is -2.14. The first-order valence-electron chi connectivity index (χ1n) is 4.98. The predicted octanol–water partition coefficient (Wildman–Crippen LogP) is 2.75. The van der Waals surface area contributed by atoms with Crippen LogP contribution in [0.5, 0.6) is 0 Å². The van der Waals surface area contributed by atoms with Gasteiger partial charge in [-0.2, -0.15) is 0 Å². The molecule has 0 bridgehead atoms. The largest absolute Gasteiger partial charge is 0.285 e. The Bertz CT molecular complexity index is 451. The van der Waals surface area contributed by atoms with Gasteiger partial charge in [0.05, 0.1) is 0 Å². The number of ketones is 2. The summed E-state index contributed by atoms with van der Waals surface area (Å²) in [6.45, 7) is 0. The summed E-state index contributed by atoms with van der Waals surface area (Å²) in [5.41, 5.74) is 0.854. The second kappa shape index (κ2) is 4.53. The minimum Gasteiger partial charge on any atom is -0.285 e. The summed E-state index contributed by atoms with van der Waals surface area (Å²) in [5.74, 6) is -0.932. The van der Waals surface area contributed by atoms with Crippen molar-refractivity contribution in [3.8, 4) is 0 Å². The van der Waals surface area contributed by atoms with Crippen LogP contribution in [0.3, 0.4) is 0 Å². The first-order chi connectivity index (χ1) is 7.79. The van der Waals surface area contributed by atoms with Crippen LogP contribution in [-0.2, 0) is 0 Å². The molecular formula is C14H10O2. The molecule has 0 unspecified atom stereocenters. The van der Waals surface area contributed by atoms with E-state index >= 15 is 0 Å². The van der Waals surface area contributed by atoms with Crippen LogP contribution in [0.4, 0.5) is 0 Å². The Morgan fingerprint density at radius 1 is 0.750 bits per heavy atom. The van der Waals surface area contributed by atoms with E-state index in [0.717, 1.165) is 0 Å². The van der Waals surface area contributed by atoms with Crippen molar-refractivity contribution in [1.82, 2.24) is 0 Å². The van der Waals surface area contributed by atoms with Crippen molar-refractivity contribution >= 4 is 11.6 Å². The lowest BCUT2D eigenvalue weighted by Gasteiger charge is -1.99. The maximum Gasteiger partial charge on any atom is 0.233 e. The SMILES string of the molecule is O=C(C(=[18O])c1ccccc1)c1ccccc1. The standard InChI is InChI=1S/C14H10O2/c15-13(11-7-3-1-4-8-11)14(16)12-9-5-2-6-10-12/h1-10H/i15+2. The Hall–Kier alpha value is -2.22. The van der Waals surface area contributed by atoms with Crippen LogP contribution in [0.2, 0.25) is 0 Å². The fraction of sp³-hybridized carbons (Fsp3) is 0. The third-order valence-corrected chi connectivity index (χ3v) is 2.28. The summed E-state index contributed by atoms with van der Waals surface area (Å²) < 4.78 is 0. The van der Waals surface area contributed by atoms with E-state index in [0.29, 0.717) is 11.1 Å². The van der Waals surface area contributed by atoms with Crippen molar-refractivity contribution in [3.63, 3.8) is 0 Å². The van der Waals surface area contributed by atoms with Crippen LogP contribution in [-0.4, -0.2) is 11.6 Å². The highest BCUT2D eigenvalue weighted by molar-refractivity contribution is 6.49. The molecule has 0 aromatic heterocycles. The zero-order chi connectivity index (χ0) is 11.4. The molecule has 78 valence electrons. The van der Waals surface area contributed by atoms with E-state index in [4.69, 9.17) is 0 Å². The van der Waals surface area contributed by atoms with Gasteiger partial charge in [0, 0.05) is 11.1 Å². The highest BCUT2D eigenvalue weighted by Crippen LogP contribution is 2.07. The Morgan fingerprint density at radius 2 is 1.19 bits per heavy atom. The van der Waals surface area contributed by atoms with Gasteiger partial charge >= 0.3 is 0 Å². The van der Waals surface area contributed by atoms with Crippen LogP contribution in [0, 0.1) is 0 Å². The molecule has 0 aliphatic heterocycles. The first-order valence-corrected chi connectivity index (χ1v) is 4.98. The molecule has 0 N–H and O–H groups in total. The third-order valence-electron chi connectivity index (χ3n) is 2.28. The van der Waals surface area contributed by atoms with E-state index in [2.05, 4.69) is 0 Å². The van der Waals surface area contributed by atoms with Gasteiger partial charge in [-0.1, -0.05) is 60.7 Å². The second-order valence-corrected chi connectivity index (χ2v) is 3.39. The summed E-state index contributed by atoms with van der Waals surface area (Å²) in [7, 11) is 0. The molecule has 0 aliphatic rings. The maximum atomic E-state index is 11.8. The molecule has 2 heteroatoms. The van der Waals surface area contributed by atoms with Gasteiger partial charge < -0.3 is 0 Å². The summed E-state index contributed by atoms with van der Waals surface area (Å²) in [6, 6.07) is 17.2. The zero-order valence-corrected chi connectivity index (χ0v) is 8.59. The van der Waals surface area contributed by atoms with Gasteiger partial charge in [0.1, 0.15) is 0 Å². The minimum atomic E-state index is -0.466. The normalized spacial score (nSPS) is 9.75. The molecule has 2 nitrogen and oxygen atoms in total. The Morgan fingerprint density at radius 3 is 1.69 bits per heavy atom. The van der Waals surface area contributed by atoms with Crippen molar-refractivity contribution < 1.29 is 9.59 Å². The smallest absolute Gasteiger partial charge is 0.233 e. The van der Waals surface area contributed by atoms with E-state index in [1.165, 1.54) is 0 Å². The molecule has 0 saturated carbocycles. The summed E-state index contributed by atoms with van der Waals surface area (Å²) in [4.78, 5) is 23.6. The summed E-state index contributed by atoms with van der Waals surface area (Å²) in [5, 5.41) is 0. The molecule has 2 aromatic rings. The van der Waals surface area contributed by atoms with Crippen LogP contribution in [0.1, 0.15) is 20.7 Å². The van der Waals surface area contributed by atoms with Crippen molar-refractivity contribution in [1.29, 1.82) is 0 Å². The van der Waals surface area contributed by atoms with E-state index < -0.39 is 11.6 Å². The highest BCUT2D eigenvalue weighted by Gasteiger charge is 2.16.